The first kappa shape index (κ1) is 24.3. The van der Waals surface area contributed by atoms with E-state index >= 15 is 0 Å². The standard InChI is InChI=1S/C25H30N2O6/c1-16(2)22(13-23(29)27(11-12-28)14-24(30)31)26-25(32)33-15-21-19-9-5-3-7-17(19)18-8-4-6-10-20(18)21/h3-10,16,21-22,28H,11-15H2,1-2H3,(H,26,32)(H,30,31). The molecule has 176 valence electrons. The summed E-state index contributed by atoms with van der Waals surface area (Å²) < 4.78 is 5.57. The van der Waals surface area contributed by atoms with Crippen molar-refractivity contribution in [3.63, 3.8) is 0 Å². The van der Waals surface area contributed by atoms with Crippen molar-refractivity contribution in [1.29, 1.82) is 0 Å². The highest BCUT2D eigenvalue weighted by Gasteiger charge is 2.30. The van der Waals surface area contributed by atoms with Gasteiger partial charge in [0.25, 0.3) is 0 Å². The SMILES string of the molecule is CC(C)C(CC(=O)N(CCO)CC(=O)O)NC(=O)OCC1c2ccccc2-c2ccccc21. The van der Waals surface area contributed by atoms with Crippen LogP contribution in [-0.4, -0.2) is 65.4 Å². The summed E-state index contributed by atoms with van der Waals surface area (Å²) in [5.41, 5.74) is 4.48. The van der Waals surface area contributed by atoms with Gasteiger partial charge in [0.2, 0.25) is 5.91 Å². The van der Waals surface area contributed by atoms with Gasteiger partial charge in [0.15, 0.2) is 0 Å². The molecule has 8 nitrogen and oxygen atoms in total. The Balaban J connectivity index is 1.63. The number of alkyl carbamates (subject to hydrolysis) is 1. The molecule has 3 N–H and O–H groups in total. The first-order valence-electron chi connectivity index (χ1n) is 11.0. The summed E-state index contributed by atoms with van der Waals surface area (Å²) in [4.78, 5) is 37.2. The number of amides is 2. The van der Waals surface area contributed by atoms with E-state index in [1.54, 1.807) is 0 Å². The van der Waals surface area contributed by atoms with Crippen LogP contribution in [0.4, 0.5) is 4.79 Å². The van der Waals surface area contributed by atoms with Gasteiger partial charge >= 0.3 is 12.1 Å². The summed E-state index contributed by atoms with van der Waals surface area (Å²) in [7, 11) is 0. The molecule has 2 aromatic rings. The van der Waals surface area contributed by atoms with E-state index in [0.717, 1.165) is 27.2 Å². The van der Waals surface area contributed by atoms with Crippen molar-refractivity contribution in [2.24, 2.45) is 5.92 Å². The fraction of sp³-hybridized carbons (Fsp3) is 0.400. The number of nitrogens with zero attached hydrogens (tertiary/aromatic N) is 1. The minimum atomic E-state index is -1.16. The number of carbonyl (C=O) groups excluding carboxylic acids is 2. The zero-order chi connectivity index (χ0) is 24.0. The number of fused-ring (bicyclic) bond motifs is 3. The third-order valence-electron chi connectivity index (χ3n) is 5.89. The minimum absolute atomic E-state index is 0.0714. The number of rotatable bonds is 10. The van der Waals surface area contributed by atoms with E-state index in [-0.39, 0.29) is 38.0 Å². The largest absolute Gasteiger partial charge is 0.480 e. The van der Waals surface area contributed by atoms with Crippen LogP contribution in [-0.2, 0) is 14.3 Å². The minimum Gasteiger partial charge on any atom is -0.480 e. The number of hydrogen-bond donors (Lipinski definition) is 3. The van der Waals surface area contributed by atoms with E-state index in [9.17, 15) is 14.4 Å². The Labute approximate surface area is 193 Å². The molecule has 0 saturated carbocycles. The van der Waals surface area contributed by atoms with E-state index in [4.69, 9.17) is 14.9 Å². The molecule has 1 aliphatic rings. The number of benzene rings is 2. The van der Waals surface area contributed by atoms with Crippen molar-refractivity contribution in [2.75, 3.05) is 26.3 Å². The molecular formula is C25H30N2O6. The van der Waals surface area contributed by atoms with Gasteiger partial charge in [-0.15, -0.1) is 0 Å². The molecule has 1 unspecified atom stereocenters. The summed E-state index contributed by atoms with van der Waals surface area (Å²) in [5, 5.41) is 20.9. The molecule has 2 amide bonds. The predicted molar refractivity (Wildman–Crippen MR) is 123 cm³/mol. The van der Waals surface area contributed by atoms with Gasteiger partial charge in [-0.3, -0.25) is 9.59 Å². The number of ether oxygens (including phenoxy) is 1. The number of carboxylic acid groups (broad SMARTS) is 1. The van der Waals surface area contributed by atoms with Gasteiger partial charge in [0.05, 0.1) is 6.61 Å². The summed E-state index contributed by atoms with van der Waals surface area (Å²) in [6.07, 6.45) is -0.717. The zero-order valence-corrected chi connectivity index (χ0v) is 18.9. The molecule has 2 aromatic carbocycles. The topological polar surface area (TPSA) is 116 Å². The maximum Gasteiger partial charge on any atom is 0.407 e. The van der Waals surface area contributed by atoms with Crippen molar-refractivity contribution >= 4 is 18.0 Å². The smallest absolute Gasteiger partial charge is 0.407 e. The predicted octanol–water partition coefficient (Wildman–Crippen LogP) is 2.85. The van der Waals surface area contributed by atoms with Crippen molar-refractivity contribution in [3.05, 3.63) is 59.7 Å². The molecule has 8 heteroatoms. The first-order chi connectivity index (χ1) is 15.8. The van der Waals surface area contributed by atoms with Crippen LogP contribution in [0.25, 0.3) is 11.1 Å². The monoisotopic (exact) mass is 454 g/mol. The molecule has 3 rings (SSSR count). The molecule has 0 saturated heterocycles. The number of aliphatic hydroxyl groups excluding tert-OH is 1. The Morgan fingerprint density at radius 3 is 2.12 bits per heavy atom. The Morgan fingerprint density at radius 2 is 1.61 bits per heavy atom. The quantitative estimate of drug-likeness (QED) is 0.508. The average Bonchev–Trinajstić information content (AvgIpc) is 3.10. The van der Waals surface area contributed by atoms with Crippen molar-refractivity contribution < 1.29 is 29.3 Å². The number of carboxylic acids is 1. The molecule has 0 heterocycles. The molecule has 1 aliphatic carbocycles. The summed E-state index contributed by atoms with van der Waals surface area (Å²) in [6.45, 7) is 2.94. The Bertz CT molecular complexity index is 960. The Hall–Kier alpha value is -3.39. The highest BCUT2D eigenvalue weighted by molar-refractivity contribution is 5.82. The van der Waals surface area contributed by atoms with Crippen molar-refractivity contribution in [2.45, 2.75) is 32.2 Å². The van der Waals surface area contributed by atoms with E-state index in [2.05, 4.69) is 17.4 Å². The lowest BCUT2D eigenvalue weighted by molar-refractivity contribution is -0.145. The van der Waals surface area contributed by atoms with Gasteiger partial charge in [-0.05, 0) is 28.2 Å². The second-order valence-corrected chi connectivity index (χ2v) is 8.46. The third-order valence-corrected chi connectivity index (χ3v) is 5.89. The van der Waals surface area contributed by atoms with Gasteiger partial charge in [-0.25, -0.2) is 4.79 Å². The molecule has 0 spiro atoms. The Morgan fingerprint density at radius 1 is 1.03 bits per heavy atom. The van der Waals surface area contributed by atoms with Crippen LogP contribution < -0.4 is 5.32 Å². The molecule has 33 heavy (non-hydrogen) atoms. The van der Waals surface area contributed by atoms with Crippen LogP contribution in [0.2, 0.25) is 0 Å². The van der Waals surface area contributed by atoms with Crippen LogP contribution in [0.1, 0.15) is 37.3 Å². The third kappa shape index (κ3) is 5.90. The highest BCUT2D eigenvalue weighted by Crippen LogP contribution is 2.44. The lowest BCUT2D eigenvalue weighted by Crippen LogP contribution is -2.45. The number of nitrogens with one attached hydrogen (secondary N) is 1. The van der Waals surface area contributed by atoms with Crippen LogP contribution >= 0.6 is 0 Å². The van der Waals surface area contributed by atoms with Gasteiger partial charge in [0, 0.05) is 24.9 Å². The van der Waals surface area contributed by atoms with Gasteiger partial charge in [-0.1, -0.05) is 62.4 Å². The van der Waals surface area contributed by atoms with E-state index in [1.165, 1.54) is 0 Å². The van der Waals surface area contributed by atoms with Crippen LogP contribution in [0.3, 0.4) is 0 Å². The molecule has 0 aliphatic heterocycles. The van der Waals surface area contributed by atoms with Crippen molar-refractivity contribution in [3.8, 4) is 11.1 Å². The number of aliphatic carboxylic acids is 1. The molecule has 0 aromatic heterocycles. The number of aliphatic hydroxyl groups is 1. The van der Waals surface area contributed by atoms with E-state index < -0.39 is 30.6 Å². The van der Waals surface area contributed by atoms with Crippen LogP contribution in [0, 0.1) is 5.92 Å². The first-order valence-corrected chi connectivity index (χ1v) is 11.0. The van der Waals surface area contributed by atoms with Gasteiger partial charge in [-0.2, -0.15) is 0 Å². The maximum atomic E-state index is 12.6. The summed E-state index contributed by atoms with van der Waals surface area (Å²) in [5.74, 6) is -1.78. The lowest BCUT2D eigenvalue weighted by atomic mass is 9.98. The fourth-order valence-corrected chi connectivity index (χ4v) is 4.14. The maximum absolute atomic E-state index is 12.6. The average molecular weight is 455 g/mol. The lowest BCUT2D eigenvalue weighted by Gasteiger charge is -2.26. The molecular weight excluding hydrogens is 424 g/mol. The number of carbonyl (C=O) groups is 3. The second kappa shape index (κ2) is 11.0. The molecule has 0 radical (unpaired) electrons. The molecule has 1 atom stereocenters. The number of hydrogen-bond acceptors (Lipinski definition) is 5. The normalized spacial score (nSPS) is 13.2. The molecule has 0 fully saturated rings. The summed E-state index contributed by atoms with van der Waals surface area (Å²) >= 11 is 0. The summed E-state index contributed by atoms with van der Waals surface area (Å²) in [6, 6.07) is 15.6. The second-order valence-electron chi connectivity index (χ2n) is 8.46. The highest BCUT2D eigenvalue weighted by atomic mass is 16.5. The fourth-order valence-electron chi connectivity index (χ4n) is 4.14. The van der Waals surface area contributed by atoms with Gasteiger partial charge < -0.3 is 25.2 Å². The zero-order valence-electron chi connectivity index (χ0n) is 18.9. The van der Waals surface area contributed by atoms with E-state index in [1.807, 2.05) is 50.2 Å². The van der Waals surface area contributed by atoms with Crippen LogP contribution in [0.5, 0.6) is 0 Å². The van der Waals surface area contributed by atoms with Gasteiger partial charge in [0.1, 0.15) is 13.2 Å². The van der Waals surface area contributed by atoms with E-state index in [0.29, 0.717) is 0 Å². The van der Waals surface area contributed by atoms with Crippen LogP contribution in [0.15, 0.2) is 48.5 Å². The molecule has 0 bridgehead atoms. The Kier molecular flexibility index (Phi) is 8.06. The van der Waals surface area contributed by atoms with Crippen molar-refractivity contribution in [1.82, 2.24) is 10.2 Å².